The first-order valence-electron chi connectivity index (χ1n) is 8.94. The molecule has 1 aliphatic heterocycles. The van der Waals surface area contributed by atoms with Gasteiger partial charge in [0.2, 0.25) is 5.91 Å². The van der Waals surface area contributed by atoms with E-state index in [-0.39, 0.29) is 30.2 Å². The fourth-order valence-electron chi connectivity index (χ4n) is 3.14. The second-order valence-electron chi connectivity index (χ2n) is 6.78. The van der Waals surface area contributed by atoms with Gasteiger partial charge in [0.05, 0.1) is 20.8 Å². The number of rotatable bonds is 5. The lowest BCUT2D eigenvalue weighted by Crippen LogP contribution is -2.37. The first-order chi connectivity index (χ1) is 14.2. The van der Waals surface area contributed by atoms with Crippen molar-refractivity contribution in [3.8, 4) is 0 Å². The van der Waals surface area contributed by atoms with Gasteiger partial charge in [-0.1, -0.05) is 23.5 Å². The number of sulfone groups is 1. The molecule has 1 aliphatic rings. The highest BCUT2D eigenvalue weighted by Gasteiger charge is 2.32. The Hall–Kier alpha value is -3.05. The van der Waals surface area contributed by atoms with Crippen molar-refractivity contribution >= 4 is 54.1 Å². The number of hydrogen-bond acceptors (Lipinski definition) is 6. The van der Waals surface area contributed by atoms with Crippen LogP contribution in [0.15, 0.2) is 47.4 Å². The Kier molecular flexibility index (Phi) is 5.16. The molecule has 0 aliphatic carbocycles. The molecular weight excluding hydrogens is 431 g/mol. The molecule has 2 heterocycles. The Labute approximate surface area is 175 Å². The van der Waals surface area contributed by atoms with Crippen molar-refractivity contribution in [1.82, 2.24) is 9.88 Å². The van der Waals surface area contributed by atoms with Gasteiger partial charge in [-0.15, -0.1) is 0 Å². The maximum absolute atomic E-state index is 14.0. The van der Waals surface area contributed by atoms with Crippen LogP contribution in [0.3, 0.4) is 0 Å². The van der Waals surface area contributed by atoms with Crippen LogP contribution in [0.25, 0.3) is 10.2 Å². The molecule has 2 aromatic carbocycles. The summed E-state index contributed by atoms with van der Waals surface area (Å²) < 4.78 is 38.0. The third-order valence-electron chi connectivity index (χ3n) is 4.61. The second kappa shape index (κ2) is 7.65. The Morgan fingerprint density at radius 1 is 1.23 bits per heavy atom. The highest BCUT2D eigenvalue weighted by Crippen LogP contribution is 2.28. The van der Waals surface area contributed by atoms with E-state index >= 15 is 0 Å². The average molecular weight is 449 g/mol. The van der Waals surface area contributed by atoms with Gasteiger partial charge in [-0.3, -0.25) is 9.69 Å². The Morgan fingerprint density at radius 2 is 2.00 bits per heavy atom. The second-order valence-corrected chi connectivity index (χ2v) is 9.82. The van der Waals surface area contributed by atoms with Crippen molar-refractivity contribution < 1.29 is 22.4 Å². The first kappa shape index (κ1) is 20.2. The maximum Gasteiger partial charge on any atom is 0.325 e. The minimum absolute atomic E-state index is 0.174. The summed E-state index contributed by atoms with van der Waals surface area (Å²) in [4.78, 5) is 32.0. The van der Waals surface area contributed by atoms with Crippen molar-refractivity contribution in [2.75, 3.05) is 36.1 Å². The van der Waals surface area contributed by atoms with Crippen molar-refractivity contribution in [2.24, 2.45) is 0 Å². The molecule has 1 saturated heterocycles. The van der Waals surface area contributed by atoms with Crippen molar-refractivity contribution in [1.29, 1.82) is 0 Å². The molecule has 3 aromatic rings. The first-order valence-corrected chi connectivity index (χ1v) is 11.6. The Morgan fingerprint density at radius 3 is 2.73 bits per heavy atom. The van der Waals surface area contributed by atoms with Gasteiger partial charge in [-0.2, -0.15) is 0 Å². The number of thiazole rings is 1. The van der Waals surface area contributed by atoms with Crippen LogP contribution in [0, 0.1) is 5.82 Å². The Balaban J connectivity index is 1.44. The number of anilines is 2. The smallest absolute Gasteiger partial charge is 0.313 e. The van der Waals surface area contributed by atoms with E-state index in [9.17, 15) is 22.4 Å². The lowest BCUT2D eigenvalue weighted by molar-refractivity contribution is -0.116. The highest BCUT2D eigenvalue weighted by molar-refractivity contribution is 7.90. The van der Waals surface area contributed by atoms with E-state index in [4.69, 9.17) is 0 Å². The van der Waals surface area contributed by atoms with Gasteiger partial charge in [-0.05, 0) is 30.3 Å². The van der Waals surface area contributed by atoms with Crippen LogP contribution in [0.5, 0.6) is 0 Å². The number of nitrogens with one attached hydrogen (secondary N) is 1. The number of urea groups is 1. The van der Waals surface area contributed by atoms with E-state index in [0.29, 0.717) is 15.3 Å². The summed E-state index contributed by atoms with van der Waals surface area (Å²) in [6, 6.07) is 10.1. The monoisotopic (exact) mass is 448 g/mol. The van der Waals surface area contributed by atoms with E-state index in [0.717, 1.165) is 17.6 Å². The fourth-order valence-corrected chi connectivity index (χ4v) is 4.79. The predicted molar refractivity (Wildman–Crippen MR) is 112 cm³/mol. The van der Waals surface area contributed by atoms with Gasteiger partial charge >= 0.3 is 6.03 Å². The molecule has 11 heteroatoms. The van der Waals surface area contributed by atoms with Crippen molar-refractivity contribution in [2.45, 2.75) is 4.90 Å². The molecule has 1 N–H and O–H groups in total. The molecule has 1 aromatic heterocycles. The number of nitrogens with zero attached hydrogens (tertiary/aromatic N) is 3. The highest BCUT2D eigenvalue weighted by atomic mass is 32.2. The Bertz CT molecular complexity index is 1260. The standard InChI is InChI=1S/C19H17FN4O4S2/c1-30(27,28)12-6-7-14-16(10-12)29-18(21-14)22-17(25)11-23-8-9-24(19(23)26)15-5-3-2-4-13(15)20/h2-7,10H,8-9,11H2,1H3,(H,21,22,25). The summed E-state index contributed by atoms with van der Waals surface area (Å²) >= 11 is 1.14. The normalized spacial score (nSPS) is 14.5. The molecule has 0 radical (unpaired) electrons. The third-order valence-corrected chi connectivity index (χ3v) is 6.65. The van der Waals surface area contributed by atoms with Gasteiger partial charge in [-0.25, -0.2) is 22.6 Å². The lowest BCUT2D eigenvalue weighted by atomic mass is 10.3. The summed E-state index contributed by atoms with van der Waals surface area (Å²) in [5, 5.41) is 2.94. The summed E-state index contributed by atoms with van der Waals surface area (Å²) in [6.45, 7) is 0.370. The molecule has 4 rings (SSSR count). The molecular formula is C19H17FN4O4S2. The number of hydrogen-bond donors (Lipinski definition) is 1. The van der Waals surface area contributed by atoms with E-state index in [1.165, 1.54) is 34.1 Å². The summed E-state index contributed by atoms with van der Waals surface area (Å²) in [7, 11) is -3.35. The van der Waals surface area contributed by atoms with Gasteiger partial charge in [0.1, 0.15) is 12.4 Å². The number of fused-ring (bicyclic) bond motifs is 1. The van der Waals surface area contributed by atoms with E-state index in [1.807, 2.05) is 0 Å². The predicted octanol–water partition coefficient (Wildman–Crippen LogP) is 2.72. The van der Waals surface area contributed by atoms with Crippen LogP contribution >= 0.6 is 11.3 Å². The largest absolute Gasteiger partial charge is 0.325 e. The summed E-state index contributed by atoms with van der Waals surface area (Å²) in [5.41, 5.74) is 0.740. The summed E-state index contributed by atoms with van der Waals surface area (Å²) in [5.74, 6) is -0.943. The number of halogens is 1. The molecule has 0 atom stereocenters. The van der Waals surface area contributed by atoms with Crippen molar-refractivity contribution in [3.63, 3.8) is 0 Å². The molecule has 0 spiro atoms. The van der Waals surface area contributed by atoms with Crippen molar-refractivity contribution in [3.05, 3.63) is 48.3 Å². The zero-order valence-corrected chi connectivity index (χ0v) is 17.5. The number of amides is 3. The average Bonchev–Trinajstić information content (AvgIpc) is 3.24. The summed E-state index contributed by atoms with van der Waals surface area (Å²) in [6.07, 6.45) is 1.12. The van der Waals surface area contributed by atoms with Crippen LogP contribution in [-0.4, -0.2) is 56.1 Å². The number of para-hydroxylation sites is 1. The van der Waals surface area contributed by atoms with Gasteiger partial charge in [0, 0.05) is 19.3 Å². The molecule has 3 amide bonds. The van der Waals surface area contributed by atoms with Crippen LogP contribution < -0.4 is 10.2 Å². The molecule has 0 bridgehead atoms. The van der Waals surface area contributed by atoms with Crippen LogP contribution in [-0.2, 0) is 14.6 Å². The molecule has 156 valence electrons. The number of carbonyl (C=O) groups is 2. The lowest BCUT2D eigenvalue weighted by Gasteiger charge is -2.18. The van der Waals surface area contributed by atoms with Gasteiger partial charge in [0.15, 0.2) is 15.0 Å². The van der Waals surface area contributed by atoms with Gasteiger partial charge < -0.3 is 10.2 Å². The quantitative estimate of drug-likeness (QED) is 0.647. The zero-order valence-electron chi connectivity index (χ0n) is 15.8. The molecule has 8 nitrogen and oxygen atoms in total. The minimum Gasteiger partial charge on any atom is -0.313 e. The maximum atomic E-state index is 14.0. The number of aromatic nitrogens is 1. The topological polar surface area (TPSA) is 99.7 Å². The zero-order chi connectivity index (χ0) is 21.5. The van der Waals surface area contributed by atoms with Crippen LogP contribution in [0.2, 0.25) is 0 Å². The SMILES string of the molecule is CS(=O)(=O)c1ccc2nc(NC(=O)CN3CCN(c4ccccc4F)C3=O)sc2c1. The molecule has 1 fully saturated rings. The van der Waals surface area contributed by atoms with E-state index < -0.39 is 27.6 Å². The van der Waals surface area contributed by atoms with Crippen LogP contribution in [0.4, 0.5) is 20.0 Å². The van der Waals surface area contributed by atoms with E-state index in [1.54, 1.807) is 18.2 Å². The van der Waals surface area contributed by atoms with Crippen LogP contribution in [0.1, 0.15) is 0 Å². The van der Waals surface area contributed by atoms with E-state index in [2.05, 4.69) is 10.3 Å². The molecule has 0 saturated carbocycles. The third kappa shape index (κ3) is 3.98. The molecule has 30 heavy (non-hydrogen) atoms. The minimum atomic E-state index is -3.35. The molecule has 0 unspecified atom stereocenters. The number of benzene rings is 2. The number of carbonyl (C=O) groups excluding carboxylic acids is 2. The van der Waals surface area contributed by atoms with Gasteiger partial charge in [0.25, 0.3) is 0 Å². The fraction of sp³-hybridized carbons (Fsp3) is 0.211.